The van der Waals surface area contributed by atoms with E-state index in [9.17, 15) is 9.59 Å². The third-order valence-electron chi connectivity index (χ3n) is 9.66. The number of hydrazine groups is 3. The van der Waals surface area contributed by atoms with Crippen molar-refractivity contribution in [3.05, 3.63) is 167 Å². The number of hydrogen-bond acceptors (Lipinski definition) is 11. The van der Waals surface area contributed by atoms with E-state index in [4.69, 9.17) is 15.3 Å². The average Bonchev–Trinajstić information content (AvgIpc) is 3.59. The predicted octanol–water partition coefficient (Wildman–Crippen LogP) is 9.53. The van der Waals surface area contributed by atoms with Crippen molar-refractivity contribution in [3.8, 4) is 11.1 Å². The monoisotopic (exact) mass is 878 g/mol. The van der Waals surface area contributed by atoms with Crippen LogP contribution >= 0.6 is 35.7 Å². The van der Waals surface area contributed by atoms with Crippen LogP contribution in [-0.4, -0.2) is 81.2 Å². The Morgan fingerprint density at radius 2 is 1.16 bits per heavy atom. The molecule has 0 saturated carbocycles. The summed E-state index contributed by atoms with van der Waals surface area (Å²) in [7, 11) is 1.63. The normalized spacial score (nSPS) is 12.7. The lowest BCUT2D eigenvalue weighted by molar-refractivity contribution is -0.167. The Labute approximate surface area is 372 Å². The largest absolute Gasteiger partial charge is 0.449 e. The molecule has 0 aromatic heterocycles. The van der Waals surface area contributed by atoms with Crippen LogP contribution in [0.2, 0.25) is 0 Å². The van der Waals surface area contributed by atoms with E-state index in [1.165, 1.54) is 50.8 Å². The van der Waals surface area contributed by atoms with Gasteiger partial charge in [-0.25, -0.2) is 15.4 Å². The van der Waals surface area contributed by atoms with Crippen LogP contribution < -0.4 is 11.2 Å². The molecule has 6 rings (SSSR count). The van der Waals surface area contributed by atoms with Gasteiger partial charge >= 0.3 is 12.2 Å². The SMILES string of the molecule is CN(CCN(N)N(C(=O)[C@H](CSCc1ccccc1)NC(=O)OCC1c2ccccc2-c2ccccc21)N(SCc1ccccc1)SCc1ccccc1)C(=O)OC(C)(C)C. The Hall–Kier alpha value is -4.96. The molecule has 0 radical (unpaired) electrons. The van der Waals surface area contributed by atoms with Crippen molar-refractivity contribution in [3.63, 3.8) is 0 Å². The minimum Gasteiger partial charge on any atom is -0.449 e. The number of thioether (sulfide) groups is 1. The number of carbonyl (C=O) groups excluding carboxylic acids is 3. The third kappa shape index (κ3) is 13.3. The topological polar surface area (TPSA) is 121 Å². The van der Waals surface area contributed by atoms with Crippen LogP contribution in [-0.2, 0) is 31.5 Å². The molecule has 0 heterocycles. The number of likely N-dealkylation sites (N-methyl/N-ethyl adjacent to an activating group) is 1. The summed E-state index contributed by atoms with van der Waals surface area (Å²) in [6.45, 7) is 5.71. The van der Waals surface area contributed by atoms with Gasteiger partial charge < -0.3 is 19.7 Å². The summed E-state index contributed by atoms with van der Waals surface area (Å²) < 4.78 is 13.3. The molecule has 0 spiro atoms. The highest BCUT2D eigenvalue weighted by Gasteiger charge is 2.36. The smallest absolute Gasteiger partial charge is 0.410 e. The molecule has 1 aliphatic carbocycles. The Bertz CT molecular complexity index is 2090. The van der Waals surface area contributed by atoms with E-state index in [0.29, 0.717) is 17.3 Å². The molecule has 0 unspecified atom stereocenters. The highest BCUT2D eigenvalue weighted by molar-refractivity contribution is 8.11. The molecule has 320 valence electrons. The number of ether oxygens (including phenoxy) is 2. The fourth-order valence-corrected chi connectivity index (χ4v) is 9.69. The van der Waals surface area contributed by atoms with E-state index < -0.39 is 29.7 Å². The lowest BCUT2D eigenvalue weighted by atomic mass is 9.98. The molecule has 5 aromatic rings. The maximum Gasteiger partial charge on any atom is 0.410 e. The van der Waals surface area contributed by atoms with E-state index in [2.05, 4.69) is 29.6 Å². The minimum absolute atomic E-state index is 0.0601. The first kappa shape index (κ1) is 45.6. The first-order valence-electron chi connectivity index (χ1n) is 20.1. The van der Waals surface area contributed by atoms with Crippen LogP contribution in [0.5, 0.6) is 0 Å². The second-order valence-corrected chi connectivity index (χ2v) is 18.5. The van der Waals surface area contributed by atoms with Crippen LogP contribution in [0.3, 0.4) is 0 Å². The fourth-order valence-electron chi connectivity index (χ4n) is 6.60. The van der Waals surface area contributed by atoms with Crippen molar-refractivity contribution in [2.75, 3.05) is 32.5 Å². The van der Waals surface area contributed by atoms with Crippen LogP contribution in [0.4, 0.5) is 9.59 Å². The number of carbonyl (C=O) groups is 3. The van der Waals surface area contributed by atoms with Crippen molar-refractivity contribution in [2.24, 2.45) is 5.84 Å². The number of hydrogen-bond donors (Lipinski definition) is 2. The van der Waals surface area contributed by atoms with Gasteiger partial charge in [-0.2, -0.15) is 16.9 Å². The van der Waals surface area contributed by atoms with Crippen molar-refractivity contribution in [1.82, 2.24) is 24.3 Å². The summed E-state index contributed by atoms with van der Waals surface area (Å²) in [5, 5.41) is 5.61. The molecular formula is C47H54N6O5S3. The molecule has 0 fully saturated rings. The summed E-state index contributed by atoms with van der Waals surface area (Å²) in [6, 6.07) is 45.1. The van der Waals surface area contributed by atoms with Gasteiger partial charge in [0.1, 0.15) is 18.2 Å². The molecule has 1 atom stereocenters. The molecule has 11 nitrogen and oxygen atoms in total. The number of benzene rings is 5. The quantitative estimate of drug-likeness (QED) is 0.0469. The van der Waals surface area contributed by atoms with Gasteiger partial charge in [0.2, 0.25) is 0 Å². The van der Waals surface area contributed by atoms with Gasteiger partial charge in [0.15, 0.2) is 0 Å². The lowest BCUT2D eigenvalue weighted by Crippen LogP contribution is -2.62. The Morgan fingerprint density at radius 3 is 1.67 bits per heavy atom. The molecule has 0 bridgehead atoms. The van der Waals surface area contributed by atoms with Crippen LogP contribution in [0.1, 0.15) is 54.5 Å². The second-order valence-electron chi connectivity index (χ2n) is 15.5. The molecule has 3 amide bonds. The summed E-state index contributed by atoms with van der Waals surface area (Å²) in [6.07, 6.45) is -1.23. The Balaban J connectivity index is 1.27. The van der Waals surface area contributed by atoms with Crippen molar-refractivity contribution >= 4 is 53.8 Å². The summed E-state index contributed by atoms with van der Waals surface area (Å²) in [5.74, 6) is 8.14. The number of fused-ring (bicyclic) bond motifs is 3. The molecule has 14 heteroatoms. The van der Waals surface area contributed by atoms with Gasteiger partial charge in [-0.05, 0) is 83.6 Å². The van der Waals surface area contributed by atoms with Gasteiger partial charge in [-0.3, -0.25) is 4.79 Å². The average molecular weight is 879 g/mol. The number of nitrogens with one attached hydrogen (secondary N) is 1. The van der Waals surface area contributed by atoms with Crippen molar-refractivity contribution in [1.29, 1.82) is 0 Å². The molecule has 5 aromatic carbocycles. The van der Waals surface area contributed by atoms with Gasteiger partial charge in [0.25, 0.3) is 5.91 Å². The summed E-state index contributed by atoms with van der Waals surface area (Å²) in [5.41, 5.74) is 6.90. The van der Waals surface area contributed by atoms with Gasteiger partial charge in [0, 0.05) is 42.5 Å². The fraction of sp³-hybridized carbons (Fsp3) is 0.298. The minimum atomic E-state index is -1.06. The maximum atomic E-state index is 15.2. The van der Waals surface area contributed by atoms with Crippen LogP contribution in [0, 0.1) is 0 Å². The maximum absolute atomic E-state index is 15.2. The van der Waals surface area contributed by atoms with Gasteiger partial charge in [-0.15, -0.1) is 5.12 Å². The summed E-state index contributed by atoms with van der Waals surface area (Å²) in [4.78, 5) is 43.5. The standard InChI is InChI=1S/C47H54N6O5S3/c1-47(2,3)58-46(56)50(4)28-29-51(48)52(53(60-32-36-20-10-6-11-21-36)61-33-37-22-12-7-13-23-37)44(54)43(34-59-31-35-18-8-5-9-19-35)49-45(55)57-30-42-40-26-16-14-24-38(40)39-25-15-17-27-41(39)42/h5-27,42-43H,28-34,48H2,1-4H3,(H,49,55)/t43-/m0/s1. The van der Waals surface area contributed by atoms with E-state index in [0.717, 1.165) is 38.9 Å². The molecule has 3 N–H and O–H groups in total. The molecule has 61 heavy (non-hydrogen) atoms. The Morgan fingerprint density at radius 1 is 0.689 bits per heavy atom. The molecule has 1 aliphatic rings. The lowest BCUT2D eigenvalue weighted by Gasteiger charge is -2.40. The predicted molar refractivity (Wildman–Crippen MR) is 249 cm³/mol. The van der Waals surface area contributed by atoms with E-state index in [1.807, 2.05) is 115 Å². The molecule has 0 aliphatic heterocycles. The van der Waals surface area contributed by atoms with Crippen LogP contribution in [0.25, 0.3) is 11.1 Å². The zero-order valence-electron chi connectivity index (χ0n) is 35.0. The highest BCUT2D eigenvalue weighted by atomic mass is 32.2. The first-order chi connectivity index (χ1) is 29.5. The first-order valence-corrected chi connectivity index (χ1v) is 23.2. The van der Waals surface area contributed by atoms with E-state index >= 15 is 4.79 Å². The van der Waals surface area contributed by atoms with Gasteiger partial charge in [-0.1, -0.05) is 143 Å². The zero-order valence-corrected chi connectivity index (χ0v) is 37.5. The summed E-state index contributed by atoms with van der Waals surface area (Å²) >= 11 is 4.32. The number of amides is 3. The number of nitrogens with zero attached hydrogens (tertiary/aromatic N) is 4. The van der Waals surface area contributed by atoms with Crippen LogP contribution in [0.15, 0.2) is 140 Å². The zero-order chi connectivity index (χ0) is 43.2. The molecular weight excluding hydrogens is 825 g/mol. The third-order valence-corrected chi connectivity index (χ3v) is 13.1. The van der Waals surface area contributed by atoms with E-state index in [1.54, 1.807) is 31.6 Å². The van der Waals surface area contributed by atoms with Crippen molar-refractivity contribution < 1.29 is 23.9 Å². The number of rotatable bonds is 19. The second kappa shape index (κ2) is 22.2. The molecule has 0 saturated heterocycles. The van der Waals surface area contributed by atoms with Gasteiger partial charge in [0.05, 0.1) is 6.54 Å². The Kier molecular flexibility index (Phi) is 16.6. The number of nitrogens with two attached hydrogens (primary N) is 1. The number of alkyl carbamates (subject to hydrolysis) is 1. The van der Waals surface area contributed by atoms with Crippen molar-refractivity contribution in [2.45, 2.75) is 55.6 Å². The highest BCUT2D eigenvalue weighted by Crippen LogP contribution is 2.44. The van der Waals surface area contributed by atoms with E-state index in [-0.39, 0.29) is 31.4 Å².